The monoisotopic (exact) mass is 374 g/mol. The fraction of sp³-hybridized carbons (Fsp3) is 1.00. The molecule has 0 aromatic heterocycles. The summed E-state index contributed by atoms with van der Waals surface area (Å²) in [5, 5.41) is 19.3. The Kier molecular flexibility index (Phi) is 4.40. The first-order valence-corrected chi connectivity index (χ1v) is 12.1. The molecule has 6 fully saturated rings. The van der Waals surface area contributed by atoms with Crippen molar-refractivity contribution in [3.8, 4) is 0 Å². The van der Waals surface area contributed by atoms with Crippen molar-refractivity contribution in [3.05, 3.63) is 0 Å². The Morgan fingerprint density at radius 2 is 1.30 bits per heavy atom. The van der Waals surface area contributed by atoms with Gasteiger partial charge in [0.15, 0.2) is 0 Å². The maximum absolute atomic E-state index is 9.65. The van der Waals surface area contributed by atoms with Crippen LogP contribution in [0.1, 0.15) is 51.4 Å². The number of hydrogen-bond acceptors (Lipinski definition) is 3. The Bertz CT molecular complexity index is 560. The number of fused-ring (bicyclic) bond motifs is 10. The Morgan fingerprint density at radius 3 is 2.11 bits per heavy atom. The van der Waals surface area contributed by atoms with Gasteiger partial charge in [0.05, 0.1) is 0 Å². The van der Waals surface area contributed by atoms with Crippen LogP contribution in [0.25, 0.3) is 0 Å². The third-order valence-corrected chi connectivity index (χ3v) is 10.6. The van der Waals surface area contributed by atoms with Crippen LogP contribution in [0.5, 0.6) is 0 Å². The van der Waals surface area contributed by atoms with Crippen molar-refractivity contribution >= 4 is 0 Å². The molecule has 0 aromatic rings. The van der Waals surface area contributed by atoms with Crippen LogP contribution in [0.2, 0.25) is 0 Å². The first-order valence-electron chi connectivity index (χ1n) is 12.1. The van der Waals surface area contributed by atoms with Crippen molar-refractivity contribution in [1.29, 1.82) is 0 Å². The standard InChI is InChI=1S/C24H38O3/c25-9-17-5-15-7-22(17)23-4-13(3-20(15)23)11-27-12-14-1-2-19-21-8-16(24(14)19)6-18(21)10-26/h13-26H,1-12H2. The van der Waals surface area contributed by atoms with Crippen molar-refractivity contribution < 1.29 is 14.9 Å². The summed E-state index contributed by atoms with van der Waals surface area (Å²) in [6, 6.07) is 0. The lowest BCUT2D eigenvalue weighted by molar-refractivity contribution is 0.0373. The molecule has 6 saturated carbocycles. The van der Waals surface area contributed by atoms with Gasteiger partial charge in [-0.2, -0.15) is 0 Å². The quantitative estimate of drug-likeness (QED) is 0.747. The molecule has 0 amide bonds. The summed E-state index contributed by atoms with van der Waals surface area (Å²) in [5.74, 6) is 10.0. The number of rotatable bonds is 6. The average molecular weight is 375 g/mol. The Balaban J connectivity index is 0.999. The normalized spacial score (nSPS) is 57.6. The van der Waals surface area contributed by atoms with Crippen LogP contribution in [0.4, 0.5) is 0 Å². The fourth-order valence-corrected chi connectivity index (χ4v) is 9.88. The molecule has 0 spiro atoms. The summed E-state index contributed by atoms with van der Waals surface area (Å²) in [7, 11) is 0. The van der Waals surface area contributed by atoms with Gasteiger partial charge in [-0.25, -0.2) is 0 Å². The van der Waals surface area contributed by atoms with E-state index in [2.05, 4.69) is 0 Å². The average Bonchev–Trinajstić information content (AvgIpc) is 3.47. The van der Waals surface area contributed by atoms with Gasteiger partial charge in [0, 0.05) is 26.4 Å². The van der Waals surface area contributed by atoms with Gasteiger partial charge >= 0.3 is 0 Å². The molecule has 2 N–H and O–H groups in total. The van der Waals surface area contributed by atoms with Crippen molar-refractivity contribution in [2.75, 3.05) is 26.4 Å². The molecule has 6 rings (SSSR count). The Hall–Kier alpha value is -0.120. The molecule has 4 bridgehead atoms. The highest BCUT2D eigenvalue weighted by molar-refractivity contribution is 5.06. The van der Waals surface area contributed by atoms with Gasteiger partial charge < -0.3 is 14.9 Å². The molecule has 12 unspecified atom stereocenters. The second-order valence-electron chi connectivity index (χ2n) is 11.5. The number of aliphatic hydroxyl groups excluding tert-OH is 2. The molecule has 0 heterocycles. The van der Waals surface area contributed by atoms with E-state index in [1.165, 1.54) is 51.4 Å². The zero-order valence-electron chi connectivity index (χ0n) is 16.7. The molecule has 6 aliphatic rings. The number of ether oxygens (including phenoxy) is 1. The molecule has 0 radical (unpaired) electrons. The molecule has 27 heavy (non-hydrogen) atoms. The van der Waals surface area contributed by atoms with E-state index in [9.17, 15) is 10.2 Å². The highest BCUT2D eigenvalue weighted by Gasteiger charge is 2.57. The van der Waals surface area contributed by atoms with Crippen LogP contribution in [0.3, 0.4) is 0 Å². The van der Waals surface area contributed by atoms with Gasteiger partial charge in [-0.3, -0.25) is 0 Å². The van der Waals surface area contributed by atoms with Gasteiger partial charge in [0.2, 0.25) is 0 Å². The SMILES string of the molecule is OCC1CC2CC1C1CC(COCC3CCC4C5CC(CC5CO)C34)CC21. The minimum Gasteiger partial charge on any atom is -0.396 e. The lowest BCUT2D eigenvalue weighted by atomic mass is 9.74. The van der Waals surface area contributed by atoms with Crippen LogP contribution < -0.4 is 0 Å². The highest BCUT2D eigenvalue weighted by Crippen LogP contribution is 2.63. The minimum atomic E-state index is 0.425. The summed E-state index contributed by atoms with van der Waals surface area (Å²) in [6.07, 6.45) is 11.0. The van der Waals surface area contributed by atoms with Crippen LogP contribution in [0.15, 0.2) is 0 Å². The van der Waals surface area contributed by atoms with Crippen molar-refractivity contribution in [2.45, 2.75) is 51.4 Å². The Labute approximate surface area is 164 Å². The van der Waals surface area contributed by atoms with E-state index < -0.39 is 0 Å². The van der Waals surface area contributed by atoms with E-state index in [0.29, 0.717) is 25.0 Å². The lowest BCUT2D eigenvalue weighted by Crippen LogP contribution is -2.30. The molecule has 0 aromatic carbocycles. The number of hydrogen-bond donors (Lipinski definition) is 2. The number of aliphatic hydroxyl groups is 2. The van der Waals surface area contributed by atoms with Crippen molar-refractivity contribution in [3.63, 3.8) is 0 Å². The second kappa shape index (κ2) is 6.71. The smallest absolute Gasteiger partial charge is 0.0497 e. The topological polar surface area (TPSA) is 49.7 Å². The molecule has 3 nitrogen and oxygen atoms in total. The third kappa shape index (κ3) is 2.63. The summed E-state index contributed by atoms with van der Waals surface area (Å²) in [5.41, 5.74) is 0. The Morgan fingerprint density at radius 1 is 0.593 bits per heavy atom. The zero-order valence-corrected chi connectivity index (χ0v) is 16.7. The highest BCUT2D eigenvalue weighted by atomic mass is 16.5. The van der Waals surface area contributed by atoms with Crippen molar-refractivity contribution in [2.24, 2.45) is 71.0 Å². The van der Waals surface area contributed by atoms with Crippen LogP contribution in [-0.4, -0.2) is 36.6 Å². The van der Waals surface area contributed by atoms with E-state index in [0.717, 1.165) is 72.4 Å². The molecule has 0 aliphatic heterocycles. The molecule has 12 atom stereocenters. The molecular formula is C24H38O3. The van der Waals surface area contributed by atoms with Gasteiger partial charge in [0.1, 0.15) is 0 Å². The third-order valence-electron chi connectivity index (χ3n) is 10.6. The lowest BCUT2D eigenvalue weighted by Gasteiger charge is -2.33. The van der Waals surface area contributed by atoms with Crippen LogP contribution in [-0.2, 0) is 4.74 Å². The molecular weight excluding hydrogens is 336 g/mol. The predicted octanol–water partition coefficient (Wildman–Crippen LogP) is 3.58. The summed E-state index contributed by atoms with van der Waals surface area (Å²) in [4.78, 5) is 0. The summed E-state index contributed by atoms with van der Waals surface area (Å²) < 4.78 is 6.38. The molecule has 6 aliphatic carbocycles. The van der Waals surface area contributed by atoms with Gasteiger partial charge in [0.25, 0.3) is 0 Å². The van der Waals surface area contributed by atoms with E-state index in [1.54, 1.807) is 0 Å². The van der Waals surface area contributed by atoms with Gasteiger partial charge in [-0.05, 0) is 122 Å². The van der Waals surface area contributed by atoms with E-state index >= 15 is 0 Å². The van der Waals surface area contributed by atoms with Gasteiger partial charge in [-0.1, -0.05) is 0 Å². The second-order valence-corrected chi connectivity index (χ2v) is 11.5. The van der Waals surface area contributed by atoms with Crippen LogP contribution in [0, 0.1) is 71.0 Å². The molecule has 152 valence electrons. The minimum absolute atomic E-state index is 0.425. The zero-order chi connectivity index (χ0) is 18.1. The fourth-order valence-electron chi connectivity index (χ4n) is 9.88. The van der Waals surface area contributed by atoms with E-state index in [-0.39, 0.29) is 0 Å². The summed E-state index contributed by atoms with van der Waals surface area (Å²) in [6.45, 7) is 2.85. The van der Waals surface area contributed by atoms with E-state index in [4.69, 9.17) is 4.74 Å². The van der Waals surface area contributed by atoms with Crippen LogP contribution >= 0.6 is 0 Å². The maximum atomic E-state index is 9.65. The van der Waals surface area contributed by atoms with Crippen molar-refractivity contribution in [1.82, 2.24) is 0 Å². The van der Waals surface area contributed by atoms with Gasteiger partial charge in [-0.15, -0.1) is 0 Å². The first kappa shape index (κ1) is 17.7. The van der Waals surface area contributed by atoms with E-state index in [1.807, 2.05) is 0 Å². The largest absolute Gasteiger partial charge is 0.396 e. The first-order chi connectivity index (χ1) is 13.3. The molecule has 3 heteroatoms. The summed E-state index contributed by atoms with van der Waals surface area (Å²) >= 11 is 0. The molecule has 0 saturated heterocycles. The maximum Gasteiger partial charge on any atom is 0.0497 e. The predicted molar refractivity (Wildman–Crippen MR) is 104 cm³/mol.